The van der Waals surface area contributed by atoms with Gasteiger partial charge in [-0.05, 0) is 107 Å². The minimum absolute atomic E-state index is 0.178. The van der Waals surface area contributed by atoms with Crippen molar-refractivity contribution >= 4 is 0 Å². The minimum Gasteiger partial charge on any atom is -0.497 e. The molecule has 35 heavy (non-hydrogen) atoms. The molecule has 188 valence electrons. The highest BCUT2D eigenvalue weighted by Crippen LogP contribution is 2.58. The van der Waals surface area contributed by atoms with Gasteiger partial charge < -0.3 is 14.7 Å². The fraction of sp³-hybridized carbons (Fsp3) is 0.690. The summed E-state index contributed by atoms with van der Waals surface area (Å²) in [6.45, 7) is 6.74. The van der Waals surface area contributed by atoms with E-state index in [0.29, 0.717) is 6.04 Å². The van der Waals surface area contributed by atoms with Gasteiger partial charge in [0.1, 0.15) is 5.75 Å². The average Bonchev–Trinajstić information content (AvgIpc) is 3.63. The van der Waals surface area contributed by atoms with Crippen LogP contribution < -0.4 is 4.74 Å². The molecule has 7 rings (SSSR count). The fourth-order valence-electron chi connectivity index (χ4n) is 8.12. The third-order valence-corrected chi connectivity index (χ3v) is 10.4. The molecule has 6 nitrogen and oxygen atoms in total. The van der Waals surface area contributed by atoms with E-state index in [1.165, 1.54) is 40.9 Å². The summed E-state index contributed by atoms with van der Waals surface area (Å²) < 4.78 is 8.01. The summed E-state index contributed by atoms with van der Waals surface area (Å²) in [5, 5.41) is 18.2. The van der Waals surface area contributed by atoms with Gasteiger partial charge in [-0.15, -0.1) is 0 Å². The van der Waals surface area contributed by atoms with Crippen LogP contribution in [0.25, 0.3) is 0 Å². The SMILES string of the molecule is COc1ccc2c(c1)[C@]13CCN(CC4CC4)[C@H](C2)[C@]1(O)Cc1c(nn(C2CCN(C)CC2)c1C)C3. The van der Waals surface area contributed by atoms with E-state index in [1.54, 1.807) is 7.11 Å². The molecule has 2 bridgehead atoms. The Balaban J connectivity index is 1.34. The van der Waals surface area contributed by atoms with Gasteiger partial charge in [0.15, 0.2) is 0 Å². The largest absolute Gasteiger partial charge is 0.497 e. The second-order valence-corrected chi connectivity index (χ2v) is 12.3. The van der Waals surface area contributed by atoms with Gasteiger partial charge in [0.25, 0.3) is 0 Å². The molecule has 2 aliphatic heterocycles. The number of hydrogen-bond acceptors (Lipinski definition) is 5. The van der Waals surface area contributed by atoms with Crippen LogP contribution in [0.3, 0.4) is 0 Å². The maximum Gasteiger partial charge on any atom is 0.119 e. The van der Waals surface area contributed by atoms with E-state index in [2.05, 4.69) is 46.7 Å². The third kappa shape index (κ3) is 3.22. The van der Waals surface area contributed by atoms with Crippen LogP contribution in [0, 0.1) is 12.8 Å². The molecule has 2 saturated heterocycles. The number of benzene rings is 1. The predicted octanol–water partition coefficient (Wildman–Crippen LogP) is 3.27. The van der Waals surface area contributed by atoms with Crippen LogP contribution in [0.4, 0.5) is 0 Å². The minimum atomic E-state index is -0.766. The van der Waals surface area contributed by atoms with Gasteiger partial charge in [0.05, 0.1) is 24.4 Å². The predicted molar refractivity (Wildman–Crippen MR) is 136 cm³/mol. The van der Waals surface area contributed by atoms with Crippen LogP contribution in [-0.2, 0) is 24.7 Å². The van der Waals surface area contributed by atoms with Crippen molar-refractivity contribution in [3.8, 4) is 5.75 Å². The lowest BCUT2D eigenvalue weighted by Crippen LogP contribution is -2.74. The Morgan fingerprint density at radius 2 is 1.91 bits per heavy atom. The van der Waals surface area contributed by atoms with E-state index in [4.69, 9.17) is 9.84 Å². The summed E-state index contributed by atoms with van der Waals surface area (Å²) in [5.74, 6) is 1.73. The zero-order chi connectivity index (χ0) is 23.9. The average molecular weight is 477 g/mol. The van der Waals surface area contributed by atoms with E-state index in [0.717, 1.165) is 76.4 Å². The van der Waals surface area contributed by atoms with Gasteiger partial charge in [-0.2, -0.15) is 5.10 Å². The number of aliphatic hydroxyl groups is 1. The highest BCUT2D eigenvalue weighted by molar-refractivity contribution is 5.52. The lowest BCUT2D eigenvalue weighted by atomic mass is 9.49. The Bertz CT molecular complexity index is 1150. The van der Waals surface area contributed by atoms with Gasteiger partial charge in [-0.1, -0.05) is 6.07 Å². The highest BCUT2D eigenvalue weighted by atomic mass is 16.5. The normalized spacial score (nSPS) is 33.2. The van der Waals surface area contributed by atoms with Crippen LogP contribution in [0.15, 0.2) is 18.2 Å². The fourth-order valence-corrected chi connectivity index (χ4v) is 8.12. The first-order valence-corrected chi connectivity index (χ1v) is 13.8. The molecule has 0 unspecified atom stereocenters. The number of rotatable bonds is 4. The molecule has 0 radical (unpaired) electrons. The van der Waals surface area contributed by atoms with E-state index in [1.807, 2.05) is 0 Å². The quantitative estimate of drug-likeness (QED) is 0.734. The van der Waals surface area contributed by atoms with E-state index in [-0.39, 0.29) is 11.5 Å². The summed E-state index contributed by atoms with van der Waals surface area (Å²) in [7, 11) is 3.97. The number of likely N-dealkylation sites (tertiary alicyclic amines) is 2. The van der Waals surface area contributed by atoms with Crippen LogP contribution in [-0.4, -0.2) is 76.7 Å². The number of nitrogens with zero attached hydrogens (tertiary/aromatic N) is 4. The molecule has 2 aromatic rings. The van der Waals surface area contributed by atoms with Crippen molar-refractivity contribution in [2.75, 3.05) is 40.3 Å². The summed E-state index contributed by atoms with van der Waals surface area (Å²) in [6, 6.07) is 7.26. The maximum absolute atomic E-state index is 12.9. The monoisotopic (exact) mass is 476 g/mol. The van der Waals surface area contributed by atoms with Crippen LogP contribution in [0.5, 0.6) is 5.75 Å². The Labute approximate surface area is 209 Å². The molecule has 5 aliphatic rings. The van der Waals surface area contributed by atoms with Crippen molar-refractivity contribution in [1.29, 1.82) is 0 Å². The summed E-state index contributed by atoms with van der Waals surface area (Å²) in [6.07, 6.45) is 8.52. The number of piperidine rings is 2. The van der Waals surface area contributed by atoms with Gasteiger partial charge in [-0.3, -0.25) is 9.58 Å². The number of methoxy groups -OCH3 is 1. The van der Waals surface area contributed by atoms with Gasteiger partial charge >= 0.3 is 0 Å². The first kappa shape index (κ1) is 22.3. The van der Waals surface area contributed by atoms with Crippen molar-refractivity contribution in [3.05, 3.63) is 46.3 Å². The Hall–Kier alpha value is -1.89. The molecule has 6 heteroatoms. The number of aromatic nitrogens is 2. The zero-order valence-corrected chi connectivity index (χ0v) is 21.6. The molecule has 0 spiro atoms. The van der Waals surface area contributed by atoms with Crippen molar-refractivity contribution in [3.63, 3.8) is 0 Å². The first-order valence-electron chi connectivity index (χ1n) is 13.8. The van der Waals surface area contributed by atoms with Crippen LogP contribution >= 0.6 is 0 Å². The van der Waals surface area contributed by atoms with Gasteiger partial charge in [0.2, 0.25) is 0 Å². The van der Waals surface area contributed by atoms with Crippen molar-refractivity contribution in [1.82, 2.24) is 19.6 Å². The molecule has 3 heterocycles. The zero-order valence-electron chi connectivity index (χ0n) is 21.6. The molecule has 1 N–H and O–H groups in total. The van der Waals surface area contributed by atoms with Gasteiger partial charge in [-0.25, -0.2) is 0 Å². The molecule has 3 aliphatic carbocycles. The van der Waals surface area contributed by atoms with Crippen molar-refractivity contribution in [2.45, 2.75) is 81.4 Å². The molecule has 3 atom stereocenters. The van der Waals surface area contributed by atoms with Crippen molar-refractivity contribution < 1.29 is 9.84 Å². The standard InChI is InChI=1S/C29H40N4O2/c1-19-24-16-29(34)27-14-21-6-7-23(35-3)15-25(21)28(29,10-13-32(27)18-20-4-5-20)17-26(24)30-33(19)22-8-11-31(2)12-9-22/h6-7,15,20,22,27,34H,4-5,8-14,16-18H2,1-3H3/t27-,28-,29-/m1/s1. The molecule has 1 saturated carbocycles. The second-order valence-electron chi connectivity index (χ2n) is 12.3. The van der Waals surface area contributed by atoms with E-state index < -0.39 is 5.60 Å². The topological polar surface area (TPSA) is 53.8 Å². The summed E-state index contributed by atoms with van der Waals surface area (Å²) >= 11 is 0. The van der Waals surface area contributed by atoms with Crippen LogP contribution in [0.1, 0.15) is 66.2 Å². The maximum atomic E-state index is 12.9. The molecular weight excluding hydrogens is 436 g/mol. The lowest BCUT2D eigenvalue weighted by molar-refractivity contribution is -0.152. The lowest BCUT2D eigenvalue weighted by Gasteiger charge is -2.63. The number of fused-ring (bicyclic) bond motifs is 2. The number of hydrogen-bond donors (Lipinski definition) is 1. The Morgan fingerprint density at radius 1 is 1.11 bits per heavy atom. The molecule has 0 amide bonds. The molecule has 1 aromatic heterocycles. The van der Waals surface area contributed by atoms with Crippen LogP contribution in [0.2, 0.25) is 0 Å². The smallest absolute Gasteiger partial charge is 0.119 e. The Morgan fingerprint density at radius 3 is 2.66 bits per heavy atom. The van der Waals surface area contributed by atoms with E-state index in [9.17, 15) is 5.11 Å². The van der Waals surface area contributed by atoms with Gasteiger partial charge in [0, 0.05) is 36.5 Å². The van der Waals surface area contributed by atoms with Crippen molar-refractivity contribution in [2.24, 2.45) is 5.92 Å². The third-order valence-electron chi connectivity index (χ3n) is 10.4. The second kappa shape index (κ2) is 7.80. The Kier molecular flexibility index (Phi) is 4.98. The number of ether oxygens (including phenoxy) is 1. The molecular formula is C29H40N4O2. The van der Waals surface area contributed by atoms with E-state index >= 15 is 0 Å². The highest BCUT2D eigenvalue weighted by Gasteiger charge is 2.65. The summed E-state index contributed by atoms with van der Waals surface area (Å²) in [4.78, 5) is 5.08. The summed E-state index contributed by atoms with van der Waals surface area (Å²) in [5.41, 5.74) is 5.52. The molecule has 3 fully saturated rings. The molecule has 1 aromatic carbocycles. The first-order chi connectivity index (χ1) is 16.9.